The fraction of sp³-hybridized carbons (Fsp3) is 0.0625. The van der Waals surface area contributed by atoms with Gasteiger partial charge in [0.25, 0.3) is 5.91 Å². The van der Waals surface area contributed by atoms with E-state index in [1.165, 1.54) is 43.3 Å². The van der Waals surface area contributed by atoms with Gasteiger partial charge in [-0.2, -0.15) is 0 Å². The van der Waals surface area contributed by atoms with Crippen LogP contribution in [0.4, 0.5) is 5.69 Å². The van der Waals surface area contributed by atoms with E-state index in [0.29, 0.717) is 10.2 Å². The molecule has 7 heteroatoms. The number of carboxylic acids is 1. The van der Waals surface area contributed by atoms with Crippen molar-refractivity contribution in [2.75, 3.05) is 5.32 Å². The van der Waals surface area contributed by atoms with E-state index >= 15 is 0 Å². The zero-order valence-electron chi connectivity index (χ0n) is 12.0. The Labute approximate surface area is 140 Å². The highest BCUT2D eigenvalue weighted by atomic mass is 79.9. The van der Waals surface area contributed by atoms with Gasteiger partial charge in [0.2, 0.25) is 0 Å². The first kappa shape index (κ1) is 16.7. The Hall–Kier alpha value is -2.67. The minimum atomic E-state index is -1.05. The lowest BCUT2D eigenvalue weighted by Crippen LogP contribution is -2.15. The third-order valence-electron chi connectivity index (χ3n) is 2.83. The van der Waals surface area contributed by atoms with Crippen molar-refractivity contribution >= 4 is 39.5 Å². The van der Waals surface area contributed by atoms with Crippen molar-refractivity contribution in [2.45, 2.75) is 6.92 Å². The van der Waals surface area contributed by atoms with Crippen LogP contribution >= 0.6 is 15.9 Å². The molecule has 118 valence electrons. The summed E-state index contributed by atoms with van der Waals surface area (Å²) in [6.07, 6.45) is 0. The van der Waals surface area contributed by atoms with E-state index in [2.05, 4.69) is 21.2 Å². The first-order chi connectivity index (χ1) is 10.9. The van der Waals surface area contributed by atoms with Crippen molar-refractivity contribution in [3.63, 3.8) is 0 Å². The molecule has 0 aliphatic heterocycles. The second-order valence-corrected chi connectivity index (χ2v) is 5.49. The zero-order chi connectivity index (χ0) is 17.0. The Kier molecular flexibility index (Phi) is 5.13. The number of nitrogens with one attached hydrogen (secondary N) is 1. The molecule has 0 aliphatic rings. The van der Waals surface area contributed by atoms with Crippen molar-refractivity contribution in [3.8, 4) is 5.75 Å². The van der Waals surface area contributed by atoms with E-state index in [9.17, 15) is 14.4 Å². The zero-order valence-corrected chi connectivity index (χ0v) is 13.6. The summed E-state index contributed by atoms with van der Waals surface area (Å²) >= 11 is 3.26. The van der Waals surface area contributed by atoms with Crippen LogP contribution in [-0.4, -0.2) is 23.0 Å². The van der Waals surface area contributed by atoms with Crippen LogP contribution in [0, 0.1) is 0 Å². The highest BCUT2D eigenvalue weighted by molar-refractivity contribution is 9.10. The van der Waals surface area contributed by atoms with Gasteiger partial charge in [0.05, 0.1) is 11.1 Å². The summed E-state index contributed by atoms with van der Waals surface area (Å²) in [4.78, 5) is 34.3. The van der Waals surface area contributed by atoms with Gasteiger partial charge in [0, 0.05) is 17.1 Å². The second-order valence-electron chi connectivity index (χ2n) is 4.57. The topological polar surface area (TPSA) is 92.7 Å². The Morgan fingerprint density at radius 2 is 1.74 bits per heavy atom. The molecule has 0 atom stereocenters. The summed E-state index contributed by atoms with van der Waals surface area (Å²) in [5.41, 5.74) is 0.719. The first-order valence-corrected chi connectivity index (χ1v) is 7.29. The molecule has 0 radical (unpaired) electrons. The minimum absolute atomic E-state index is 0.117. The molecule has 2 aromatic rings. The maximum Gasteiger partial charge on any atom is 0.335 e. The van der Waals surface area contributed by atoms with E-state index in [-0.39, 0.29) is 16.9 Å². The number of aromatic carboxylic acids is 1. The smallest absolute Gasteiger partial charge is 0.335 e. The van der Waals surface area contributed by atoms with Crippen molar-refractivity contribution in [1.82, 2.24) is 0 Å². The highest BCUT2D eigenvalue weighted by Gasteiger charge is 2.15. The average Bonchev–Trinajstić information content (AvgIpc) is 2.49. The third kappa shape index (κ3) is 4.40. The molecular formula is C16H12BrNO5. The van der Waals surface area contributed by atoms with E-state index < -0.39 is 17.8 Å². The average molecular weight is 378 g/mol. The number of amides is 1. The molecule has 0 bridgehead atoms. The molecule has 0 spiro atoms. The summed E-state index contributed by atoms with van der Waals surface area (Å²) in [6, 6.07) is 10.4. The van der Waals surface area contributed by atoms with Gasteiger partial charge in [-0.15, -0.1) is 0 Å². The Morgan fingerprint density at radius 1 is 1.09 bits per heavy atom. The number of carbonyl (C=O) groups is 3. The number of hydrogen-bond acceptors (Lipinski definition) is 4. The summed E-state index contributed by atoms with van der Waals surface area (Å²) in [5.74, 6) is -1.93. The summed E-state index contributed by atoms with van der Waals surface area (Å²) in [5, 5.41) is 11.5. The quantitative estimate of drug-likeness (QED) is 0.629. The number of carboxylic acid groups (broad SMARTS) is 1. The van der Waals surface area contributed by atoms with Gasteiger partial charge in [0.15, 0.2) is 0 Å². The van der Waals surface area contributed by atoms with Gasteiger partial charge in [-0.1, -0.05) is 15.9 Å². The van der Waals surface area contributed by atoms with Gasteiger partial charge in [-0.3, -0.25) is 9.59 Å². The number of anilines is 1. The van der Waals surface area contributed by atoms with Crippen LogP contribution < -0.4 is 10.1 Å². The number of rotatable bonds is 4. The molecule has 2 N–H and O–H groups in total. The fourth-order valence-corrected chi connectivity index (χ4v) is 2.18. The molecule has 0 aliphatic carbocycles. The molecule has 23 heavy (non-hydrogen) atoms. The van der Waals surface area contributed by atoms with Crippen LogP contribution in [0.15, 0.2) is 46.9 Å². The lowest BCUT2D eigenvalue weighted by Gasteiger charge is -2.10. The molecule has 0 aromatic heterocycles. The van der Waals surface area contributed by atoms with Crippen LogP contribution in [0.5, 0.6) is 5.75 Å². The van der Waals surface area contributed by atoms with Gasteiger partial charge >= 0.3 is 11.9 Å². The van der Waals surface area contributed by atoms with E-state index in [1.807, 2.05) is 0 Å². The van der Waals surface area contributed by atoms with Crippen LogP contribution in [0.3, 0.4) is 0 Å². The highest BCUT2D eigenvalue weighted by Crippen LogP contribution is 2.24. The number of esters is 1. The Balaban J connectivity index is 2.24. The van der Waals surface area contributed by atoms with E-state index in [0.717, 1.165) is 0 Å². The van der Waals surface area contributed by atoms with Crippen LogP contribution in [0.2, 0.25) is 0 Å². The first-order valence-electron chi connectivity index (χ1n) is 6.49. The molecule has 0 unspecified atom stereocenters. The second kappa shape index (κ2) is 7.06. The predicted octanol–water partition coefficient (Wildman–Crippen LogP) is 3.32. The fourth-order valence-electron chi connectivity index (χ4n) is 1.82. The lowest BCUT2D eigenvalue weighted by molar-refractivity contribution is -0.131. The van der Waals surface area contributed by atoms with Crippen molar-refractivity contribution < 1.29 is 24.2 Å². The number of halogens is 1. The van der Waals surface area contributed by atoms with E-state index in [1.54, 1.807) is 6.07 Å². The molecule has 0 fully saturated rings. The predicted molar refractivity (Wildman–Crippen MR) is 86.8 cm³/mol. The largest absolute Gasteiger partial charge is 0.478 e. The molecule has 6 nitrogen and oxygen atoms in total. The SMILES string of the molecule is CC(=O)Oc1ccc(Br)cc1C(=O)Nc1ccc(C(=O)O)cc1. The molecular weight excluding hydrogens is 366 g/mol. The molecule has 2 aromatic carbocycles. The van der Waals surface area contributed by atoms with Crippen molar-refractivity contribution in [3.05, 3.63) is 58.1 Å². The molecule has 0 saturated carbocycles. The summed E-state index contributed by atoms with van der Waals surface area (Å²) in [7, 11) is 0. The maximum atomic E-state index is 12.3. The van der Waals surface area contributed by atoms with Crippen LogP contribution in [0.25, 0.3) is 0 Å². The number of carbonyl (C=O) groups excluding carboxylic acids is 2. The van der Waals surface area contributed by atoms with Gasteiger partial charge < -0.3 is 15.2 Å². The van der Waals surface area contributed by atoms with Gasteiger partial charge in [-0.25, -0.2) is 4.79 Å². The Morgan fingerprint density at radius 3 is 2.30 bits per heavy atom. The minimum Gasteiger partial charge on any atom is -0.478 e. The van der Waals surface area contributed by atoms with Gasteiger partial charge in [0.1, 0.15) is 5.75 Å². The monoisotopic (exact) mass is 377 g/mol. The summed E-state index contributed by atoms with van der Waals surface area (Å²) < 4.78 is 5.66. The summed E-state index contributed by atoms with van der Waals surface area (Å²) in [6.45, 7) is 1.24. The normalized spacial score (nSPS) is 10.0. The van der Waals surface area contributed by atoms with Crippen molar-refractivity contribution in [2.24, 2.45) is 0 Å². The van der Waals surface area contributed by atoms with E-state index in [4.69, 9.17) is 9.84 Å². The Bertz CT molecular complexity index is 771. The van der Waals surface area contributed by atoms with Gasteiger partial charge in [-0.05, 0) is 42.5 Å². The number of ether oxygens (including phenoxy) is 1. The van der Waals surface area contributed by atoms with Crippen molar-refractivity contribution in [1.29, 1.82) is 0 Å². The number of hydrogen-bond donors (Lipinski definition) is 2. The molecule has 0 heterocycles. The lowest BCUT2D eigenvalue weighted by atomic mass is 10.1. The molecule has 1 amide bonds. The van der Waals surface area contributed by atoms with Crippen LogP contribution in [-0.2, 0) is 4.79 Å². The van der Waals surface area contributed by atoms with Crippen LogP contribution in [0.1, 0.15) is 27.6 Å². The standard InChI is InChI=1S/C16H12BrNO5/c1-9(19)23-14-7-4-11(17)8-13(14)15(20)18-12-5-2-10(3-6-12)16(21)22/h2-8H,1H3,(H,18,20)(H,21,22). The third-order valence-corrected chi connectivity index (χ3v) is 3.32. The molecule has 0 saturated heterocycles. The maximum absolute atomic E-state index is 12.3. The molecule has 2 rings (SSSR count). The number of benzene rings is 2.